The second kappa shape index (κ2) is 29.1. The lowest BCUT2D eigenvalue weighted by molar-refractivity contribution is -0.144. The topological polar surface area (TPSA) is 422 Å². The molecule has 7 atom stereocenters. The normalized spacial score (nSPS) is 18.0. The summed E-state index contributed by atoms with van der Waals surface area (Å²) in [6.45, 7) is -0.370. The van der Waals surface area contributed by atoms with Gasteiger partial charge in [-0.3, -0.25) is 43.5 Å². The highest BCUT2D eigenvalue weighted by molar-refractivity contribution is 5.97. The number of aliphatic imine (C=N–C) groups is 2. The van der Waals surface area contributed by atoms with Gasteiger partial charge in [-0.25, -0.2) is 19.6 Å². The van der Waals surface area contributed by atoms with Crippen molar-refractivity contribution in [3.8, 4) is 0 Å². The summed E-state index contributed by atoms with van der Waals surface area (Å²) in [6, 6.07) is 8.12. The number of amides is 9. The summed E-state index contributed by atoms with van der Waals surface area (Å²) in [5.41, 5.74) is 28.9. The van der Waals surface area contributed by atoms with Crippen LogP contribution >= 0.6 is 0 Å². The molecule has 17 N–H and O–H groups in total. The molecule has 0 spiro atoms. The Morgan fingerprint density at radius 2 is 1.11 bits per heavy atom. The van der Waals surface area contributed by atoms with Gasteiger partial charge in [0.2, 0.25) is 35.4 Å². The molecule has 3 heterocycles. The minimum Gasteiger partial charge on any atom is -0.480 e. The number of guanidine groups is 2. The summed E-state index contributed by atoms with van der Waals surface area (Å²) in [7, 11) is 0. The number of hydrogen-bond donors (Lipinski definition) is 12. The molecule has 3 saturated heterocycles. The first-order valence-electron chi connectivity index (χ1n) is 25.3. The van der Waals surface area contributed by atoms with Crippen LogP contribution < -0.4 is 55.3 Å². The van der Waals surface area contributed by atoms with Gasteiger partial charge in [0.1, 0.15) is 36.3 Å². The fourth-order valence-corrected chi connectivity index (χ4v) is 9.20. The van der Waals surface area contributed by atoms with Gasteiger partial charge in [0.25, 0.3) is 5.91 Å². The van der Waals surface area contributed by atoms with Crippen LogP contribution in [-0.4, -0.2) is 190 Å². The number of hydrazine groups is 1. The van der Waals surface area contributed by atoms with Crippen LogP contribution in [0.3, 0.4) is 0 Å². The lowest BCUT2D eigenvalue weighted by atomic mass is 10.0. The molecule has 0 unspecified atom stereocenters. The largest absolute Gasteiger partial charge is 0.480 e. The zero-order valence-corrected chi connectivity index (χ0v) is 42.4. The average Bonchev–Trinajstić information content (AvgIpc) is 4.22. The fourth-order valence-electron chi connectivity index (χ4n) is 9.20. The van der Waals surface area contributed by atoms with Crippen LogP contribution in [0.25, 0.3) is 0 Å². The Balaban J connectivity index is 1.21. The molecular weight excluding hydrogens is 989 g/mol. The zero-order valence-electron chi connectivity index (χ0n) is 42.4. The predicted octanol–water partition coefficient (Wildman–Crippen LogP) is -3.94. The Morgan fingerprint density at radius 3 is 1.66 bits per heavy atom. The number of aliphatic hydroxyl groups is 1. The highest BCUT2D eigenvalue weighted by atomic mass is 16.4. The molecule has 27 nitrogen and oxygen atoms in total. The molecule has 0 aromatic heterocycles. The summed E-state index contributed by atoms with van der Waals surface area (Å²) in [5.74, 6) is -6.67. The molecule has 0 bridgehead atoms. The molecule has 5 rings (SSSR count). The number of carbonyl (C=O) groups excluding carboxylic acids is 8. The van der Waals surface area contributed by atoms with Gasteiger partial charge in [0, 0.05) is 52.1 Å². The van der Waals surface area contributed by atoms with Crippen molar-refractivity contribution in [3.05, 3.63) is 71.8 Å². The molecule has 3 aliphatic heterocycles. The SMILES string of the molecule is NC(N)=NCCC[C@H](N)C(=O)N1CCCN1C(=O)N1CCC[C@H]1C(=O)NCC(=O)N[C@@H](Cc1ccccc1)C(=O)N[C@@H](CO)C(=O)N1CCC[C@H]1C(=O)N[C@@H](Cc1ccccc1)C(=O)N[C@H](CCCN=C(N)N)C(=O)O. The van der Waals surface area contributed by atoms with E-state index in [1.165, 1.54) is 19.8 Å². The van der Waals surface area contributed by atoms with Gasteiger partial charge >= 0.3 is 12.0 Å². The molecule has 3 aliphatic rings. The Kier molecular flexibility index (Phi) is 22.5. The number of benzene rings is 2. The van der Waals surface area contributed by atoms with Crippen molar-refractivity contribution in [3.63, 3.8) is 0 Å². The van der Waals surface area contributed by atoms with E-state index in [0.717, 1.165) is 0 Å². The average molecular weight is 1060 g/mol. The molecule has 9 amide bonds. The quantitative estimate of drug-likeness (QED) is 0.0243. The van der Waals surface area contributed by atoms with Gasteiger partial charge in [-0.2, -0.15) is 0 Å². The third kappa shape index (κ3) is 17.3. The molecular formula is C49H72N16O11. The molecule has 0 saturated carbocycles. The van der Waals surface area contributed by atoms with Crippen LogP contribution in [-0.2, 0) is 51.2 Å². The molecule has 0 radical (unpaired) electrons. The predicted molar refractivity (Wildman–Crippen MR) is 276 cm³/mol. The van der Waals surface area contributed by atoms with Crippen molar-refractivity contribution in [2.75, 3.05) is 52.4 Å². The van der Waals surface area contributed by atoms with Crippen LogP contribution in [0.4, 0.5) is 4.79 Å². The van der Waals surface area contributed by atoms with Crippen molar-refractivity contribution in [1.82, 2.24) is 46.4 Å². The van der Waals surface area contributed by atoms with Gasteiger partial charge in [-0.05, 0) is 68.9 Å². The summed E-state index contributed by atoms with van der Waals surface area (Å²) in [5, 5.41) is 35.8. The zero-order chi connectivity index (χ0) is 55.3. The Bertz CT molecular complexity index is 2410. The van der Waals surface area contributed by atoms with Crippen LogP contribution in [0.5, 0.6) is 0 Å². The van der Waals surface area contributed by atoms with E-state index in [1.807, 2.05) is 0 Å². The maximum Gasteiger partial charge on any atom is 0.339 e. The summed E-state index contributed by atoms with van der Waals surface area (Å²) >= 11 is 0. The molecule has 76 heavy (non-hydrogen) atoms. The van der Waals surface area contributed by atoms with Crippen LogP contribution in [0.1, 0.15) is 68.9 Å². The number of aliphatic hydroxyl groups excluding tert-OH is 1. The van der Waals surface area contributed by atoms with E-state index in [2.05, 4.69) is 36.6 Å². The van der Waals surface area contributed by atoms with Gasteiger partial charge in [-0.1, -0.05) is 60.7 Å². The van der Waals surface area contributed by atoms with Crippen molar-refractivity contribution in [1.29, 1.82) is 0 Å². The smallest absolute Gasteiger partial charge is 0.339 e. The third-order valence-corrected chi connectivity index (χ3v) is 13.1. The van der Waals surface area contributed by atoms with E-state index in [-0.39, 0.29) is 96.1 Å². The van der Waals surface area contributed by atoms with Crippen molar-refractivity contribution >= 4 is 65.3 Å². The first-order valence-corrected chi connectivity index (χ1v) is 25.3. The third-order valence-electron chi connectivity index (χ3n) is 13.1. The molecule has 2 aromatic rings. The van der Waals surface area contributed by atoms with Gasteiger partial charge in [0.15, 0.2) is 11.9 Å². The number of carboxylic acid groups (broad SMARTS) is 1. The summed E-state index contributed by atoms with van der Waals surface area (Å²) in [4.78, 5) is 133. The number of carboxylic acids is 1. The molecule has 3 fully saturated rings. The van der Waals surface area contributed by atoms with E-state index in [4.69, 9.17) is 28.7 Å². The minimum atomic E-state index is -1.59. The number of nitrogens with two attached hydrogens (primary N) is 5. The number of urea groups is 1. The number of rotatable bonds is 26. The van der Waals surface area contributed by atoms with E-state index in [1.54, 1.807) is 60.7 Å². The maximum absolute atomic E-state index is 14.1. The van der Waals surface area contributed by atoms with Crippen LogP contribution in [0.15, 0.2) is 70.6 Å². The Morgan fingerprint density at radius 1 is 0.592 bits per heavy atom. The second-order valence-electron chi connectivity index (χ2n) is 18.7. The summed E-state index contributed by atoms with van der Waals surface area (Å²) in [6.07, 6.45) is 2.55. The van der Waals surface area contributed by atoms with Crippen molar-refractivity contribution in [2.45, 2.75) is 113 Å². The first-order chi connectivity index (χ1) is 36.4. The van der Waals surface area contributed by atoms with Crippen molar-refractivity contribution in [2.24, 2.45) is 38.7 Å². The van der Waals surface area contributed by atoms with Gasteiger partial charge < -0.3 is 75.3 Å². The minimum absolute atomic E-state index is 0.0222. The second-order valence-corrected chi connectivity index (χ2v) is 18.7. The molecule has 0 aliphatic carbocycles. The van der Waals surface area contributed by atoms with E-state index in [0.29, 0.717) is 36.8 Å². The molecule has 2 aromatic carbocycles. The van der Waals surface area contributed by atoms with E-state index < -0.39 is 109 Å². The maximum atomic E-state index is 14.1. The molecule has 27 heteroatoms. The number of carbonyl (C=O) groups is 9. The number of likely N-dealkylation sites (tertiary alicyclic amines) is 2. The number of nitrogens with one attached hydrogen (secondary N) is 5. The number of nitrogens with zero attached hydrogens (tertiary/aromatic N) is 6. The Labute approximate surface area is 439 Å². The Hall–Kier alpha value is -8.07. The highest BCUT2D eigenvalue weighted by Crippen LogP contribution is 2.24. The highest BCUT2D eigenvalue weighted by Gasteiger charge is 2.43. The van der Waals surface area contributed by atoms with Crippen molar-refractivity contribution < 1.29 is 53.4 Å². The molecule has 414 valence electrons. The van der Waals surface area contributed by atoms with Gasteiger partial charge in [0.05, 0.1) is 19.2 Å². The number of hydrogen-bond acceptors (Lipinski definition) is 13. The van der Waals surface area contributed by atoms with Crippen LogP contribution in [0, 0.1) is 0 Å². The summed E-state index contributed by atoms with van der Waals surface area (Å²) < 4.78 is 0. The lowest BCUT2D eigenvalue weighted by Crippen LogP contribution is -2.60. The fraction of sp³-hybridized carbons (Fsp3) is 0.531. The van der Waals surface area contributed by atoms with E-state index >= 15 is 0 Å². The monoisotopic (exact) mass is 1060 g/mol. The lowest BCUT2D eigenvalue weighted by Gasteiger charge is -2.34. The van der Waals surface area contributed by atoms with Gasteiger partial charge in [-0.15, -0.1) is 0 Å². The number of aliphatic carboxylic acids is 1. The van der Waals surface area contributed by atoms with Crippen LogP contribution in [0.2, 0.25) is 0 Å². The first kappa shape index (κ1) is 58.8. The van der Waals surface area contributed by atoms with E-state index in [9.17, 15) is 53.4 Å². The standard InChI is InChI=1S/C49H72N16O11/c50-32(16-7-20-55-47(51)52)44(72)64-24-11-25-65(64)49(76)63-23-10-18-37(63)42(70)57-28-39(67)58-34(26-30-12-3-1-4-13-30)40(68)61-36(29-66)45(73)62-22-9-19-38(62)43(71)60-35(27-31-14-5-2-6-15-31)41(69)59-33(46(74)75)17-8-21-56-48(53)54/h1-6,12-15,32-38,66H,7-11,16-29,50H2,(H,57,70)(H,58,67)(H,59,69)(H,60,71)(H,61,68)(H,74,75)(H4,51,52,55)(H4,53,54,56)/t32-,33+,34-,35-,36-,37-,38-/m0/s1.